The predicted molar refractivity (Wildman–Crippen MR) is 77.7 cm³/mol. The Labute approximate surface area is 115 Å². The molecule has 16 heavy (non-hydrogen) atoms. The van der Waals surface area contributed by atoms with E-state index in [2.05, 4.69) is 75.8 Å². The lowest BCUT2D eigenvalue weighted by Gasteiger charge is -2.20. The molecule has 2 unspecified atom stereocenters. The molecular weight excluding hydrogens is 330 g/mol. The quantitative estimate of drug-likeness (QED) is 0.753. The minimum Gasteiger partial charge on any atom is -0.307 e. The molecule has 3 heteroatoms. The average Bonchev–Trinajstić information content (AvgIpc) is 2.17. The first-order valence-electron chi connectivity index (χ1n) is 5.36. The predicted octanol–water partition coefficient (Wildman–Crippen LogP) is 4.83. The molecule has 1 N–H and O–H groups in total. The maximum absolute atomic E-state index is 3.75. The highest BCUT2D eigenvalue weighted by molar-refractivity contribution is 9.11. The Morgan fingerprint density at radius 1 is 1.38 bits per heavy atom. The monoisotopic (exact) mass is 345 g/mol. The van der Waals surface area contributed by atoms with Gasteiger partial charge in [0.05, 0.1) is 0 Å². The minimum absolute atomic E-state index is 0.331. The van der Waals surface area contributed by atoms with E-state index in [0.717, 1.165) is 15.4 Å². The third kappa shape index (κ3) is 4.04. The standard InChI is InChI=1S/C13H17Br2N/c1-4-5-9(2)16-10(3)12-7-6-11(14)8-13(12)15/h4,6-10,16H,1,5H2,2-3H3. The molecule has 0 aromatic heterocycles. The summed E-state index contributed by atoms with van der Waals surface area (Å²) in [5.41, 5.74) is 1.28. The summed E-state index contributed by atoms with van der Waals surface area (Å²) in [6, 6.07) is 7.05. The number of benzene rings is 1. The fraction of sp³-hybridized carbons (Fsp3) is 0.385. The third-order valence-electron chi connectivity index (χ3n) is 2.48. The highest BCUT2D eigenvalue weighted by atomic mass is 79.9. The van der Waals surface area contributed by atoms with Gasteiger partial charge in [-0.2, -0.15) is 0 Å². The second-order valence-corrected chi connectivity index (χ2v) is 5.75. The molecule has 88 valence electrons. The first-order valence-corrected chi connectivity index (χ1v) is 6.95. The molecule has 0 spiro atoms. The molecule has 0 aliphatic carbocycles. The van der Waals surface area contributed by atoms with Crippen molar-refractivity contribution in [3.05, 3.63) is 45.4 Å². The molecule has 0 radical (unpaired) electrons. The summed E-state index contributed by atoms with van der Waals surface area (Å²) in [6.07, 6.45) is 2.93. The van der Waals surface area contributed by atoms with E-state index in [1.165, 1.54) is 5.56 Å². The molecule has 1 aromatic rings. The van der Waals surface area contributed by atoms with Gasteiger partial charge >= 0.3 is 0 Å². The van der Waals surface area contributed by atoms with Crippen LogP contribution in [0.4, 0.5) is 0 Å². The van der Waals surface area contributed by atoms with Crippen molar-refractivity contribution in [3.63, 3.8) is 0 Å². The zero-order valence-electron chi connectivity index (χ0n) is 9.63. The van der Waals surface area contributed by atoms with Crippen LogP contribution in [0.15, 0.2) is 39.8 Å². The number of rotatable bonds is 5. The molecule has 1 nitrogen and oxygen atoms in total. The first-order chi connectivity index (χ1) is 7.54. The van der Waals surface area contributed by atoms with E-state index in [0.29, 0.717) is 12.1 Å². The van der Waals surface area contributed by atoms with Crippen LogP contribution in [0.2, 0.25) is 0 Å². The van der Waals surface area contributed by atoms with Gasteiger partial charge in [0.25, 0.3) is 0 Å². The van der Waals surface area contributed by atoms with Crippen LogP contribution in [0, 0.1) is 0 Å². The van der Waals surface area contributed by atoms with E-state index >= 15 is 0 Å². The van der Waals surface area contributed by atoms with Gasteiger partial charge in [0.1, 0.15) is 0 Å². The van der Waals surface area contributed by atoms with E-state index in [4.69, 9.17) is 0 Å². The smallest absolute Gasteiger partial charge is 0.0305 e. The Morgan fingerprint density at radius 2 is 2.06 bits per heavy atom. The Hall–Kier alpha value is -0.120. The van der Waals surface area contributed by atoms with E-state index in [-0.39, 0.29) is 0 Å². The van der Waals surface area contributed by atoms with Gasteiger partial charge in [-0.1, -0.05) is 44.0 Å². The van der Waals surface area contributed by atoms with Gasteiger partial charge in [0.2, 0.25) is 0 Å². The summed E-state index contributed by atoms with van der Waals surface area (Å²) in [5, 5.41) is 3.54. The second kappa shape index (κ2) is 6.58. The minimum atomic E-state index is 0.331. The summed E-state index contributed by atoms with van der Waals surface area (Å²) >= 11 is 7.04. The van der Waals surface area contributed by atoms with Crippen LogP contribution < -0.4 is 5.32 Å². The van der Waals surface area contributed by atoms with Gasteiger partial charge in [-0.15, -0.1) is 6.58 Å². The lowest BCUT2D eigenvalue weighted by atomic mass is 10.1. The van der Waals surface area contributed by atoms with Crippen LogP contribution in [-0.2, 0) is 0 Å². The molecule has 0 bridgehead atoms. The molecule has 0 amide bonds. The van der Waals surface area contributed by atoms with Crippen LogP contribution in [0.3, 0.4) is 0 Å². The Kier molecular flexibility index (Phi) is 5.73. The average molecular weight is 347 g/mol. The van der Waals surface area contributed by atoms with E-state index in [9.17, 15) is 0 Å². The fourth-order valence-corrected chi connectivity index (χ4v) is 3.08. The fourth-order valence-electron chi connectivity index (χ4n) is 1.69. The number of hydrogen-bond acceptors (Lipinski definition) is 1. The van der Waals surface area contributed by atoms with E-state index < -0.39 is 0 Å². The number of nitrogens with one attached hydrogen (secondary N) is 1. The molecule has 0 aliphatic heterocycles. The van der Waals surface area contributed by atoms with Crippen LogP contribution in [0.25, 0.3) is 0 Å². The summed E-state index contributed by atoms with van der Waals surface area (Å²) in [6.45, 7) is 8.10. The maximum Gasteiger partial charge on any atom is 0.0305 e. The van der Waals surface area contributed by atoms with Crippen molar-refractivity contribution in [1.29, 1.82) is 0 Å². The number of hydrogen-bond donors (Lipinski definition) is 1. The van der Waals surface area contributed by atoms with Crippen LogP contribution in [0.5, 0.6) is 0 Å². The summed E-state index contributed by atoms with van der Waals surface area (Å²) < 4.78 is 2.22. The largest absolute Gasteiger partial charge is 0.307 e. The zero-order chi connectivity index (χ0) is 12.1. The summed E-state index contributed by atoms with van der Waals surface area (Å²) in [7, 11) is 0. The molecule has 0 saturated carbocycles. The van der Waals surface area contributed by atoms with Gasteiger partial charge in [-0.25, -0.2) is 0 Å². The van der Waals surface area contributed by atoms with Gasteiger partial charge in [0.15, 0.2) is 0 Å². The van der Waals surface area contributed by atoms with Crippen molar-refractivity contribution in [2.24, 2.45) is 0 Å². The molecular formula is C13H17Br2N. The third-order valence-corrected chi connectivity index (χ3v) is 3.66. The van der Waals surface area contributed by atoms with Gasteiger partial charge in [-0.3, -0.25) is 0 Å². The Morgan fingerprint density at radius 3 is 2.62 bits per heavy atom. The molecule has 0 aliphatic rings. The Balaban J connectivity index is 2.72. The normalized spacial score (nSPS) is 14.5. The van der Waals surface area contributed by atoms with E-state index in [1.807, 2.05) is 6.08 Å². The van der Waals surface area contributed by atoms with Crippen molar-refractivity contribution in [2.75, 3.05) is 0 Å². The molecule has 0 fully saturated rings. The zero-order valence-corrected chi connectivity index (χ0v) is 12.8. The van der Waals surface area contributed by atoms with Crippen LogP contribution in [-0.4, -0.2) is 6.04 Å². The highest BCUT2D eigenvalue weighted by Crippen LogP contribution is 2.27. The van der Waals surface area contributed by atoms with Crippen LogP contribution in [0.1, 0.15) is 31.9 Å². The molecule has 1 rings (SSSR count). The molecule has 0 heterocycles. The van der Waals surface area contributed by atoms with Crippen LogP contribution >= 0.6 is 31.9 Å². The molecule has 2 atom stereocenters. The highest BCUT2D eigenvalue weighted by Gasteiger charge is 2.11. The maximum atomic E-state index is 3.75. The van der Waals surface area contributed by atoms with Crippen molar-refractivity contribution in [2.45, 2.75) is 32.4 Å². The first kappa shape index (κ1) is 13.9. The van der Waals surface area contributed by atoms with Crippen molar-refractivity contribution >= 4 is 31.9 Å². The lowest BCUT2D eigenvalue weighted by Crippen LogP contribution is -2.28. The summed E-state index contributed by atoms with van der Waals surface area (Å²) in [5.74, 6) is 0. The Bertz CT molecular complexity index is 363. The van der Waals surface area contributed by atoms with Gasteiger partial charge in [0, 0.05) is 21.0 Å². The second-order valence-electron chi connectivity index (χ2n) is 3.98. The van der Waals surface area contributed by atoms with Crippen molar-refractivity contribution in [3.8, 4) is 0 Å². The lowest BCUT2D eigenvalue weighted by molar-refractivity contribution is 0.481. The van der Waals surface area contributed by atoms with Gasteiger partial charge in [-0.05, 0) is 38.0 Å². The summed E-state index contributed by atoms with van der Waals surface area (Å²) in [4.78, 5) is 0. The van der Waals surface area contributed by atoms with Crippen molar-refractivity contribution in [1.82, 2.24) is 5.32 Å². The van der Waals surface area contributed by atoms with E-state index in [1.54, 1.807) is 0 Å². The SMILES string of the molecule is C=CCC(C)NC(C)c1ccc(Br)cc1Br. The van der Waals surface area contributed by atoms with Crippen molar-refractivity contribution < 1.29 is 0 Å². The molecule has 1 aromatic carbocycles. The van der Waals surface area contributed by atoms with Gasteiger partial charge < -0.3 is 5.32 Å². The number of halogens is 2. The molecule has 0 saturated heterocycles. The topological polar surface area (TPSA) is 12.0 Å².